The summed E-state index contributed by atoms with van der Waals surface area (Å²) in [6.07, 6.45) is 12.0. The normalized spacial score (nSPS) is 11.1. The SMILES string of the molecule is CCC(CC)(CC)C(=O)[O-].CCC(CC)(CC)C(=O)[O-].CCC(CC)(CC)C(=O)[O-].CCC(CC)(CC)C(=O)[O-].CCC(CC)(CC)C(=O)[O-].CCC(CC)(CC)C(=O)[O-].[Al+3].[Al+3]. The Balaban J connectivity index is -0.0000000935. The molecule has 0 aliphatic carbocycles. The Labute approximate surface area is 400 Å². The maximum absolute atomic E-state index is 10.6. The molecule has 0 spiro atoms. The minimum absolute atomic E-state index is 0. The quantitative estimate of drug-likeness (QED) is 0.117. The van der Waals surface area contributed by atoms with Crippen molar-refractivity contribution < 1.29 is 59.4 Å². The third-order valence-electron chi connectivity index (χ3n) is 14.8. The summed E-state index contributed by atoms with van der Waals surface area (Å²) in [5.41, 5.74) is -3.42. The molecule has 0 aliphatic rings. The van der Waals surface area contributed by atoms with Gasteiger partial charge in [-0.2, -0.15) is 0 Å². The molecule has 0 saturated carbocycles. The smallest absolute Gasteiger partial charge is 0.550 e. The summed E-state index contributed by atoms with van der Waals surface area (Å²) in [5.74, 6) is -5.42. The van der Waals surface area contributed by atoms with E-state index in [0.29, 0.717) is 116 Å². The van der Waals surface area contributed by atoms with Crippen molar-refractivity contribution in [3.05, 3.63) is 0 Å². The zero-order valence-electron chi connectivity index (χ0n) is 42.8. The fourth-order valence-corrected chi connectivity index (χ4v) is 7.10. The van der Waals surface area contributed by atoms with Gasteiger partial charge in [-0.1, -0.05) is 125 Å². The second kappa shape index (κ2) is 40.4. The van der Waals surface area contributed by atoms with E-state index < -0.39 is 68.3 Å². The molecule has 62 heavy (non-hydrogen) atoms. The maximum atomic E-state index is 10.6. The monoisotopic (exact) mass is 913 g/mol. The van der Waals surface area contributed by atoms with Gasteiger partial charge in [0.25, 0.3) is 0 Å². The summed E-state index contributed by atoms with van der Waals surface area (Å²) in [7, 11) is 0. The minimum atomic E-state index is -0.903. The fourth-order valence-electron chi connectivity index (χ4n) is 7.10. The molecule has 0 saturated heterocycles. The number of carboxylic acids is 6. The van der Waals surface area contributed by atoms with E-state index in [4.69, 9.17) is 0 Å². The molecule has 0 aromatic rings. The van der Waals surface area contributed by atoms with Gasteiger partial charge in [0.1, 0.15) is 0 Å². The average Bonchev–Trinajstić information content (AvgIpc) is 3.24. The van der Waals surface area contributed by atoms with Crippen molar-refractivity contribution in [2.24, 2.45) is 32.5 Å². The van der Waals surface area contributed by atoms with Crippen molar-refractivity contribution in [2.75, 3.05) is 0 Å². The van der Waals surface area contributed by atoms with Crippen LogP contribution in [0.4, 0.5) is 0 Å². The Kier molecular flexibility index (Phi) is 50.3. The predicted octanol–water partition coefficient (Wildman–Crippen LogP) is 4.95. The van der Waals surface area contributed by atoms with Crippen LogP contribution in [0.15, 0.2) is 0 Å². The van der Waals surface area contributed by atoms with Crippen LogP contribution in [0.3, 0.4) is 0 Å². The third kappa shape index (κ3) is 24.3. The van der Waals surface area contributed by atoms with Crippen molar-refractivity contribution >= 4 is 70.5 Å². The summed E-state index contributed by atoms with van der Waals surface area (Å²) in [6, 6.07) is 0. The van der Waals surface area contributed by atoms with Crippen LogP contribution in [0.2, 0.25) is 0 Å². The van der Waals surface area contributed by atoms with Gasteiger partial charge in [-0.15, -0.1) is 0 Å². The largest absolute Gasteiger partial charge is 3.00 e. The van der Waals surface area contributed by atoms with E-state index in [-0.39, 0.29) is 34.7 Å². The zero-order valence-corrected chi connectivity index (χ0v) is 45.1. The fraction of sp³-hybridized carbons (Fsp3) is 0.875. The molecule has 14 heteroatoms. The standard InChI is InChI=1S/6C8H16O2.2Al/c6*1-4-8(5-2,6-3)7(9)10;;/h6*4-6H2,1-3H3,(H,9,10);;/q;;;;;;2*+3/p-6. The molecule has 0 amide bonds. The number of carboxylic acid groups (broad SMARTS) is 6. The van der Waals surface area contributed by atoms with Crippen molar-refractivity contribution in [3.8, 4) is 0 Å². The van der Waals surface area contributed by atoms with E-state index in [2.05, 4.69) is 0 Å². The number of hydrogen-bond donors (Lipinski definition) is 0. The molecule has 0 aromatic heterocycles. The molecule has 0 radical (unpaired) electrons. The third-order valence-corrected chi connectivity index (χ3v) is 14.8. The van der Waals surface area contributed by atoms with Gasteiger partial charge >= 0.3 is 34.7 Å². The van der Waals surface area contributed by atoms with Crippen molar-refractivity contribution in [2.45, 2.75) is 240 Å². The average molecular weight is 913 g/mol. The van der Waals surface area contributed by atoms with Crippen LogP contribution in [-0.4, -0.2) is 70.5 Å². The first-order valence-corrected chi connectivity index (χ1v) is 23.0. The molecule has 0 aliphatic heterocycles. The molecule has 0 rings (SSSR count). The molecule has 0 atom stereocenters. The van der Waals surface area contributed by atoms with Gasteiger partial charge in [0.05, 0.1) is 0 Å². The Bertz CT molecular complexity index is 882. The molecule has 0 unspecified atom stereocenters. The van der Waals surface area contributed by atoms with Crippen LogP contribution in [0.25, 0.3) is 0 Å². The molecule has 0 fully saturated rings. The maximum Gasteiger partial charge on any atom is 3.00 e. The first-order chi connectivity index (χ1) is 27.8. The zero-order chi connectivity index (χ0) is 49.2. The van der Waals surface area contributed by atoms with E-state index in [1.54, 1.807) is 0 Å². The van der Waals surface area contributed by atoms with Crippen LogP contribution in [-0.2, 0) is 28.8 Å². The van der Waals surface area contributed by atoms with Gasteiger partial charge < -0.3 is 59.4 Å². The summed E-state index contributed by atoms with van der Waals surface area (Å²) >= 11 is 0. The Hall–Kier alpha value is -2.12. The van der Waals surface area contributed by atoms with Gasteiger partial charge in [-0.25, -0.2) is 0 Å². The van der Waals surface area contributed by atoms with Crippen molar-refractivity contribution in [1.29, 1.82) is 0 Å². The first-order valence-electron chi connectivity index (χ1n) is 23.0. The van der Waals surface area contributed by atoms with Gasteiger partial charge in [0.15, 0.2) is 0 Å². The number of carbonyl (C=O) groups is 6. The van der Waals surface area contributed by atoms with Crippen molar-refractivity contribution in [1.82, 2.24) is 0 Å². The first kappa shape index (κ1) is 77.1. The van der Waals surface area contributed by atoms with E-state index in [1.165, 1.54) is 0 Å². The topological polar surface area (TPSA) is 241 Å². The summed E-state index contributed by atoms with van der Waals surface area (Å²) in [6.45, 7) is 34.0. The van der Waals surface area contributed by atoms with Gasteiger partial charge in [0, 0.05) is 68.3 Å². The molecule has 0 aromatic carbocycles. The molecule has 360 valence electrons. The van der Waals surface area contributed by atoms with Crippen LogP contribution < -0.4 is 30.6 Å². The van der Waals surface area contributed by atoms with Gasteiger partial charge in [-0.05, 0) is 116 Å². The van der Waals surface area contributed by atoms with Gasteiger partial charge in [-0.3, -0.25) is 0 Å². The summed E-state index contributed by atoms with van der Waals surface area (Å²) in [5, 5.41) is 63.6. The summed E-state index contributed by atoms with van der Waals surface area (Å²) < 4.78 is 0. The van der Waals surface area contributed by atoms with Crippen molar-refractivity contribution in [3.63, 3.8) is 0 Å². The molecule has 12 nitrogen and oxygen atoms in total. The molecule has 0 heterocycles. The number of aliphatic carboxylic acids is 6. The van der Waals surface area contributed by atoms with Crippen LogP contribution in [0.1, 0.15) is 240 Å². The van der Waals surface area contributed by atoms with Crippen LogP contribution in [0.5, 0.6) is 0 Å². The molecule has 0 bridgehead atoms. The Morgan fingerprint density at radius 1 is 0.210 bits per heavy atom. The van der Waals surface area contributed by atoms with Crippen LogP contribution in [0, 0.1) is 32.5 Å². The number of rotatable bonds is 24. The molecular formula is C48H90Al2O12. The van der Waals surface area contributed by atoms with E-state index in [1.807, 2.05) is 125 Å². The van der Waals surface area contributed by atoms with E-state index in [0.717, 1.165) is 0 Å². The minimum Gasteiger partial charge on any atom is -0.550 e. The second-order valence-corrected chi connectivity index (χ2v) is 15.8. The Morgan fingerprint density at radius 2 is 0.258 bits per heavy atom. The van der Waals surface area contributed by atoms with Crippen LogP contribution >= 0.6 is 0 Å². The number of hydrogen-bond acceptors (Lipinski definition) is 12. The van der Waals surface area contributed by atoms with E-state index in [9.17, 15) is 59.4 Å². The Morgan fingerprint density at radius 3 is 0.258 bits per heavy atom. The molecular weight excluding hydrogens is 822 g/mol. The predicted molar refractivity (Wildman–Crippen MR) is 241 cm³/mol. The molecule has 0 N–H and O–H groups in total. The summed E-state index contributed by atoms with van der Waals surface area (Å²) in [4.78, 5) is 63.6. The van der Waals surface area contributed by atoms with E-state index >= 15 is 0 Å². The van der Waals surface area contributed by atoms with Gasteiger partial charge in [0.2, 0.25) is 0 Å². The number of carbonyl (C=O) groups excluding carboxylic acids is 6. The second-order valence-electron chi connectivity index (χ2n) is 15.8.